The molecule has 0 bridgehead atoms. The maximum absolute atomic E-state index is 10.6. The zero-order valence-electron chi connectivity index (χ0n) is 21.7. The molecule has 1 aromatic heterocycles. The van der Waals surface area contributed by atoms with Gasteiger partial charge in [0, 0.05) is 24.4 Å². The summed E-state index contributed by atoms with van der Waals surface area (Å²) in [5.41, 5.74) is 4.88. The molecular formula is C29H30F3N5O2. The first-order chi connectivity index (χ1) is 18.5. The van der Waals surface area contributed by atoms with Gasteiger partial charge in [0.25, 0.3) is 0 Å². The molecule has 39 heavy (non-hydrogen) atoms. The molecule has 2 aromatic carbocycles. The molecule has 3 N–H and O–H groups in total. The van der Waals surface area contributed by atoms with Crippen LogP contribution in [0, 0.1) is 47.8 Å². The summed E-state index contributed by atoms with van der Waals surface area (Å²) in [5, 5.41) is 30.5. The summed E-state index contributed by atoms with van der Waals surface area (Å²) in [4.78, 5) is 16.6. The number of hydrogen-bond acceptors (Lipinski definition) is 5. The van der Waals surface area contributed by atoms with Crippen molar-refractivity contribution < 1.29 is 23.1 Å². The Kier molecular flexibility index (Phi) is 9.50. The number of halogens is 3. The largest absolute Gasteiger partial charge is 0.490 e. The van der Waals surface area contributed by atoms with Gasteiger partial charge in [-0.3, -0.25) is 0 Å². The Morgan fingerprint density at radius 3 is 2.36 bits per heavy atom. The summed E-state index contributed by atoms with van der Waals surface area (Å²) < 4.78 is 31.7. The number of aromatic amines is 1. The molecule has 10 heteroatoms. The Labute approximate surface area is 225 Å². The van der Waals surface area contributed by atoms with Crippen molar-refractivity contribution in [3.8, 4) is 12.1 Å². The molecule has 1 saturated heterocycles. The summed E-state index contributed by atoms with van der Waals surface area (Å²) in [6.07, 6.45) is -0.0306. The van der Waals surface area contributed by atoms with E-state index in [1.807, 2.05) is 37.4 Å². The fourth-order valence-electron chi connectivity index (χ4n) is 5.11. The second-order valence-electron chi connectivity index (χ2n) is 9.86. The molecule has 0 amide bonds. The van der Waals surface area contributed by atoms with Crippen LogP contribution in [0.25, 0.3) is 0 Å². The van der Waals surface area contributed by atoms with Gasteiger partial charge in [0.05, 0.1) is 23.1 Å². The van der Waals surface area contributed by atoms with Crippen LogP contribution in [0.4, 0.5) is 13.2 Å². The topological polar surface area (TPSA) is 126 Å². The highest BCUT2D eigenvalue weighted by atomic mass is 19.4. The number of imidazole rings is 1. The first-order valence-electron chi connectivity index (χ1n) is 12.5. The number of aliphatic carboxylic acids is 1. The molecule has 204 valence electrons. The van der Waals surface area contributed by atoms with Gasteiger partial charge in [-0.05, 0) is 68.8 Å². The van der Waals surface area contributed by atoms with Crippen molar-refractivity contribution in [2.45, 2.75) is 51.7 Å². The van der Waals surface area contributed by atoms with Gasteiger partial charge in [0.1, 0.15) is 5.82 Å². The van der Waals surface area contributed by atoms with E-state index >= 15 is 0 Å². The molecule has 3 atom stereocenters. The van der Waals surface area contributed by atoms with Crippen LogP contribution in [-0.2, 0) is 24.1 Å². The molecule has 0 spiro atoms. The van der Waals surface area contributed by atoms with E-state index in [2.05, 4.69) is 58.6 Å². The third kappa shape index (κ3) is 7.92. The minimum Gasteiger partial charge on any atom is -0.475 e. The number of hydrogen-bond donors (Lipinski definition) is 3. The van der Waals surface area contributed by atoms with Crippen LogP contribution in [0.3, 0.4) is 0 Å². The van der Waals surface area contributed by atoms with Crippen LogP contribution in [0.5, 0.6) is 0 Å². The Balaban J connectivity index is 0.000000532. The van der Waals surface area contributed by atoms with Crippen molar-refractivity contribution in [1.82, 2.24) is 15.3 Å². The smallest absolute Gasteiger partial charge is 0.475 e. The molecule has 7 nitrogen and oxygen atoms in total. The van der Waals surface area contributed by atoms with Gasteiger partial charge in [-0.25, -0.2) is 9.78 Å². The van der Waals surface area contributed by atoms with Crippen molar-refractivity contribution in [1.29, 1.82) is 10.5 Å². The minimum atomic E-state index is -5.08. The Morgan fingerprint density at radius 2 is 1.82 bits per heavy atom. The SMILES string of the molecule is Cc1cccc(CC2(C#N)CCNC(Cc3cnc(C)[nH]3)C2Cc2ccc(C#N)cc2)c1.O=C(O)C(F)(F)F. The van der Waals surface area contributed by atoms with E-state index in [1.165, 1.54) is 11.1 Å². The number of aryl methyl sites for hydroxylation is 2. The standard InChI is InChI=1S/C27H29N5.C2HF3O2/c1-19-4-3-5-23(12-19)15-27(18-29)10-11-30-26(14-24-17-31-20(2)32-24)25(27)13-21-6-8-22(16-28)9-7-21;3-2(4,5)1(6)7/h3-9,12,17,25-26,30H,10-11,13-15H2,1-2H3,(H,31,32);(H,6,7). The first kappa shape index (κ1) is 29.4. The fraction of sp³-hybridized carbons (Fsp3) is 0.379. The van der Waals surface area contributed by atoms with Gasteiger partial charge in [-0.15, -0.1) is 0 Å². The number of carboxylic acids is 1. The quantitative estimate of drug-likeness (QED) is 0.404. The van der Waals surface area contributed by atoms with Crippen LogP contribution in [0.1, 0.15) is 40.2 Å². The number of aromatic nitrogens is 2. The summed E-state index contributed by atoms with van der Waals surface area (Å²) >= 11 is 0. The van der Waals surface area contributed by atoms with Crippen LogP contribution in [0.2, 0.25) is 0 Å². The van der Waals surface area contributed by atoms with Gasteiger partial charge >= 0.3 is 12.1 Å². The zero-order chi connectivity index (χ0) is 28.6. The first-order valence-corrected chi connectivity index (χ1v) is 12.5. The Hall–Kier alpha value is -4.15. The van der Waals surface area contributed by atoms with E-state index in [0.717, 1.165) is 49.3 Å². The molecular weight excluding hydrogens is 507 g/mol. The normalized spacial score (nSPS) is 20.7. The minimum absolute atomic E-state index is 0.123. The molecule has 1 aliphatic heterocycles. The molecule has 4 rings (SSSR count). The second-order valence-corrected chi connectivity index (χ2v) is 9.86. The summed E-state index contributed by atoms with van der Waals surface area (Å²) in [6.45, 7) is 4.88. The number of alkyl halides is 3. The highest BCUT2D eigenvalue weighted by Gasteiger charge is 2.46. The van der Waals surface area contributed by atoms with Gasteiger partial charge in [-0.1, -0.05) is 42.0 Å². The van der Waals surface area contributed by atoms with E-state index < -0.39 is 17.6 Å². The average molecular weight is 538 g/mol. The number of nitrogens with one attached hydrogen (secondary N) is 2. The van der Waals surface area contributed by atoms with Crippen molar-refractivity contribution in [2.24, 2.45) is 11.3 Å². The van der Waals surface area contributed by atoms with E-state index in [1.54, 1.807) is 0 Å². The Bertz CT molecular complexity index is 1350. The number of benzene rings is 2. The van der Waals surface area contributed by atoms with Crippen molar-refractivity contribution >= 4 is 5.97 Å². The van der Waals surface area contributed by atoms with Gasteiger partial charge in [-0.2, -0.15) is 23.7 Å². The van der Waals surface area contributed by atoms with Crippen LogP contribution in [-0.4, -0.2) is 39.8 Å². The number of piperidine rings is 1. The van der Waals surface area contributed by atoms with E-state index in [-0.39, 0.29) is 12.0 Å². The lowest BCUT2D eigenvalue weighted by Gasteiger charge is -2.45. The zero-order valence-corrected chi connectivity index (χ0v) is 21.7. The maximum atomic E-state index is 10.6. The van der Waals surface area contributed by atoms with Crippen LogP contribution in [0.15, 0.2) is 54.7 Å². The molecule has 2 heterocycles. The van der Waals surface area contributed by atoms with Crippen molar-refractivity contribution in [3.05, 3.63) is 88.5 Å². The number of nitriles is 2. The highest BCUT2D eigenvalue weighted by molar-refractivity contribution is 5.73. The predicted molar refractivity (Wildman–Crippen MR) is 138 cm³/mol. The third-order valence-corrected chi connectivity index (χ3v) is 6.97. The molecule has 0 aliphatic carbocycles. The number of H-pyrrole nitrogens is 1. The molecule has 3 aromatic rings. The van der Waals surface area contributed by atoms with E-state index in [4.69, 9.17) is 15.2 Å². The fourth-order valence-corrected chi connectivity index (χ4v) is 5.11. The molecule has 0 radical (unpaired) electrons. The summed E-state index contributed by atoms with van der Waals surface area (Å²) in [7, 11) is 0. The van der Waals surface area contributed by atoms with Crippen molar-refractivity contribution in [2.75, 3.05) is 6.54 Å². The predicted octanol–water partition coefficient (Wildman–Crippen LogP) is 5.05. The summed E-state index contributed by atoms with van der Waals surface area (Å²) in [5.74, 6) is -1.73. The molecule has 1 aliphatic rings. The number of rotatable bonds is 6. The molecule has 1 fully saturated rings. The Morgan fingerprint density at radius 1 is 1.13 bits per heavy atom. The monoisotopic (exact) mass is 537 g/mol. The number of nitrogens with zero attached hydrogens (tertiary/aromatic N) is 3. The van der Waals surface area contributed by atoms with Crippen LogP contribution >= 0.6 is 0 Å². The lowest BCUT2D eigenvalue weighted by atomic mass is 9.62. The lowest BCUT2D eigenvalue weighted by Crippen LogP contribution is -2.54. The van der Waals surface area contributed by atoms with Gasteiger partial charge in [0.2, 0.25) is 0 Å². The average Bonchev–Trinajstić information content (AvgIpc) is 3.30. The van der Waals surface area contributed by atoms with Gasteiger partial charge in [0.15, 0.2) is 0 Å². The van der Waals surface area contributed by atoms with Crippen LogP contribution < -0.4 is 5.32 Å². The second kappa shape index (κ2) is 12.6. The lowest BCUT2D eigenvalue weighted by molar-refractivity contribution is -0.192. The maximum Gasteiger partial charge on any atom is 0.490 e. The summed E-state index contributed by atoms with van der Waals surface area (Å²) in [6, 6.07) is 21.4. The molecule has 3 unspecified atom stereocenters. The highest BCUT2D eigenvalue weighted by Crippen LogP contribution is 2.42. The molecule has 0 saturated carbocycles. The van der Waals surface area contributed by atoms with E-state index in [9.17, 15) is 18.4 Å². The number of carbonyl (C=O) groups is 1. The van der Waals surface area contributed by atoms with Crippen molar-refractivity contribution in [3.63, 3.8) is 0 Å². The van der Waals surface area contributed by atoms with Gasteiger partial charge < -0.3 is 15.4 Å². The van der Waals surface area contributed by atoms with E-state index in [0.29, 0.717) is 5.56 Å². The number of carboxylic acid groups (broad SMARTS) is 1. The third-order valence-electron chi connectivity index (χ3n) is 6.97.